The van der Waals surface area contributed by atoms with Crippen LogP contribution >= 0.6 is 0 Å². The Morgan fingerprint density at radius 1 is 1.20 bits per heavy atom. The molecule has 0 saturated carbocycles. The fourth-order valence-corrected chi connectivity index (χ4v) is 2.47. The standard InChI is InChI=1S/C16H27FN2O/c1-5-19(13(2)12-18(3)4)11-10-16(20)14-6-8-15(17)9-7-14/h6-9,13,16,20H,5,10-12H2,1-4H3. The lowest BCUT2D eigenvalue weighted by atomic mass is 10.1. The molecule has 20 heavy (non-hydrogen) atoms. The molecule has 0 aliphatic rings. The summed E-state index contributed by atoms with van der Waals surface area (Å²) in [6, 6.07) is 6.55. The smallest absolute Gasteiger partial charge is 0.123 e. The van der Waals surface area contributed by atoms with Crippen LogP contribution < -0.4 is 0 Å². The van der Waals surface area contributed by atoms with Gasteiger partial charge in [-0.15, -0.1) is 0 Å². The minimum Gasteiger partial charge on any atom is -0.388 e. The second kappa shape index (κ2) is 8.35. The molecule has 0 saturated heterocycles. The summed E-state index contributed by atoms with van der Waals surface area (Å²) in [5.74, 6) is -0.268. The molecule has 0 spiro atoms. The van der Waals surface area contributed by atoms with E-state index in [-0.39, 0.29) is 5.82 Å². The van der Waals surface area contributed by atoms with E-state index >= 15 is 0 Å². The third-order valence-corrected chi connectivity index (χ3v) is 3.60. The molecular weight excluding hydrogens is 255 g/mol. The van der Waals surface area contributed by atoms with Crippen molar-refractivity contribution in [2.24, 2.45) is 0 Å². The van der Waals surface area contributed by atoms with E-state index in [4.69, 9.17) is 0 Å². The zero-order valence-corrected chi connectivity index (χ0v) is 13.0. The van der Waals surface area contributed by atoms with Gasteiger partial charge in [0.05, 0.1) is 6.10 Å². The van der Waals surface area contributed by atoms with Gasteiger partial charge in [0.2, 0.25) is 0 Å². The number of aliphatic hydroxyl groups is 1. The first-order valence-corrected chi connectivity index (χ1v) is 7.26. The Bertz CT molecular complexity index is 381. The molecule has 1 aromatic rings. The molecule has 0 aliphatic carbocycles. The highest BCUT2D eigenvalue weighted by Crippen LogP contribution is 2.18. The highest BCUT2D eigenvalue weighted by Gasteiger charge is 2.15. The van der Waals surface area contributed by atoms with Gasteiger partial charge in [-0.05, 0) is 51.7 Å². The van der Waals surface area contributed by atoms with Crippen LogP contribution in [0, 0.1) is 5.82 Å². The predicted molar refractivity (Wildman–Crippen MR) is 81.2 cm³/mol. The summed E-state index contributed by atoms with van der Waals surface area (Å²) < 4.78 is 12.9. The van der Waals surface area contributed by atoms with Gasteiger partial charge in [-0.1, -0.05) is 19.1 Å². The van der Waals surface area contributed by atoms with E-state index < -0.39 is 6.10 Å². The van der Waals surface area contributed by atoms with Gasteiger partial charge in [-0.25, -0.2) is 4.39 Å². The SMILES string of the molecule is CCN(CCC(O)c1ccc(F)cc1)C(C)CN(C)C. The topological polar surface area (TPSA) is 26.7 Å². The lowest BCUT2D eigenvalue weighted by Gasteiger charge is -2.30. The van der Waals surface area contributed by atoms with Crippen molar-refractivity contribution in [3.8, 4) is 0 Å². The molecule has 1 N–H and O–H groups in total. The monoisotopic (exact) mass is 282 g/mol. The number of aliphatic hydroxyl groups excluding tert-OH is 1. The van der Waals surface area contributed by atoms with Crippen LogP contribution in [0.5, 0.6) is 0 Å². The maximum absolute atomic E-state index is 12.9. The molecule has 2 unspecified atom stereocenters. The van der Waals surface area contributed by atoms with E-state index in [0.29, 0.717) is 12.5 Å². The van der Waals surface area contributed by atoms with Crippen LogP contribution in [0.25, 0.3) is 0 Å². The van der Waals surface area contributed by atoms with Crippen LogP contribution in [0.2, 0.25) is 0 Å². The predicted octanol–water partition coefficient (Wildman–Crippen LogP) is 2.52. The van der Waals surface area contributed by atoms with Gasteiger partial charge >= 0.3 is 0 Å². The molecule has 0 radical (unpaired) electrons. The maximum Gasteiger partial charge on any atom is 0.123 e. The normalized spacial score (nSPS) is 14.8. The van der Waals surface area contributed by atoms with Crippen LogP contribution in [0.4, 0.5) is 4.39 Å². The van der Waals surface area contributed by atoms with E-state index in [1.807, 2.05) is 0 Å². The maximum atomic E-state index is 12.9. The van der Waals surface area contributed by atoms with Crippen LogP contribution in [0.1, 0.15) is 31.9 Å². The van der Waals surface area contributed by atoms with Gasteiger partial charge in [-0.2, -0.15) is 0 Å². The second-order valence-corrected chi connectivity index (χ2v) is 5.60. The summed E-state index contributed by atoms with van der Waals surface area (Å²) in [6.45, 7) is 7.14. The van der Waals surface area contributed by atoms with Gasteiger partial charge < -0.3 is 10.0 Å². The Morgan fingerprint density at radius 2 is 1.80 bits per heavy atom. The number of hydrogen-bond donors (Lipinski definition) is 1. The Hall–Kier alpha value is -0.970. The molecule has 0 fully saturated rings. The number of benzene rings is 1. The lowest BCUT2D eigenvalue weighted by molar-refractivity contribution is 0.121. The molecule has 0 amide bonds. The van der Waals surface area contributed by atoms with Gasteiger partial charge in [0.15, 0.2) is 0 Å². The minimum atomic E-state index is -0.531. The Kier molecular flexibility index (Phi) is 7.13. The van der Waals surface area contributed by atoms with E-state index in [1.54, 1.807) is 12.1 Å². The molecule has 0 heterocycles. The highest BCUT2D eigenvalue weighted by molar-refractivity contribution is 5.18. The van der Waals surface area contributed by atoms with Gasteiger partial charge in [-0.3, -0.25) is 4.90 Å². The number of nitrogens with zero attached hydrogens (tertiary/aromatic N) is 2. The molecule has 0 bridgehead atoms. The highest BCUT2D eigenvalue weighted by atomic mass is 19.1. The minimum absolute atomic E-state index is 0.268. The molecule has 0 aromatic heterocycles. The average Bonchev–Trinajstić information content (AvgIpc) is 2.39. The number of halogens is 1. The second-order valence-electron chi connectivity index (χ2n) is 5.60. The van der Waals surface area contributed by atoms with E-state index in [0.717, 1.165) is 25.2 Å². The summed E-state index contributed by atoms with van der Waals surface area (Å²) in [7, 11) is 4.13. The van der Waals surface area contributed by atoms with Crippen LogP contribution in [0.3, 0.4) is 0 Å². The van der Waals surface area contributed by atoms with Gasteiger partial charge in [0, 0.05) is 19.1 Å². The van der Waals surface area contributed by atoms with Crippen molar-refractivity contribution in [3.63, 3.8) is 0 Å². The van der Waals surface area contributed by atoms with E-state index in [1.165, 1.54) is 12.1 Å². The molecule has 0 aliphatic heterocycles. The van der Waals surface area contributed by atoms with Crippen molar-refractivity contribution in [3.05, 3.63) is 35.6 Å². The van der Waals surface area contributed by atoms with Gasteiger partial charge in [0.25, 0.3) is 0 Å². The quantitative estimate of drug-likeness (QED) is 0.793. The van der Waals surface area contributed by atoms with Crippen molar-refractivity contribution >= 4 is 0 Å². The summed E-state index contributed by atoms with van der Waals surface area (Å²) in [6.07, 6.45) is 0.133. The van der Waals surface area contributed by atoms with Crippen molar-refractivity contribution in [1.82, 2.24) is 9.80 Å². The average molecular weight is 282 g/mol. The van der Waals surface area contributed by atoms with Crippen LogP contribution in [-0.4, -0.2) is 54.7 Å². The summed E-state index contributed by atoms with van der Waals surface area (Å²) in [5.41, 5.74) is 0.780. The summed E-state index contributed by atoms with van der Waals surface area (Å²) >= 11 is 0. The van der Waals surface area contributed by atoms with E-state index in [9.17, 15) is 9.50 Å². The zero-order chi connectivity index (χ0) is 15.1. The number of likely N-dealkylation sites (N-methyl/N-ethyl adjacent to an activating group) is 2. The van der Waals surface area contributed by atoms with Crippen LogP contribution in [0.15, 0.2) is 24.3 Å². The molecule has 1 aromatic carbocycles. The molecule has 114 valence electrons. The zero-order valence-electron chi connectivity index (χ0n) is 13.0. The fourth-order valence-electron chi connectivity index (χ4n) is 2.47. The first kappa shape index (κ1) is 17.1. The first-order chi connectivity index (χ1) is 9.43. The van der Waals surface area contributed by atoms with Crippen molar-refractivity contribution in [1.29, 1.82) is 0 Å². The molecule has 1 rings (SSSR count). The van der Waals surface area contributed by atoms with Crippen molar-refractivity contribution in [2.75, 3.05) is 33.7 Å². The lowest BCUT2D eigenvalue weighted by Crippen LogP contribution is -2.40. The first-order valence-electron chi connectivity index (χ1n) is 7.26. The fraction of sp³-hybridized carbons (Fsp3) is 0.625. The third kappa shape index (κ3) is 5.57. The largest absolute Gasteiger partial charge is 0.388 e. The number of hydrogen-bond acceptors (Lipinski definition) is 3. The molecule has 3 nitrogen and oxygen atoms in total. The molecular formula is C16H27FN2O. The van der Waals surface area contributed by atoms with Gasteiger partial charge in [0.1, 0.15) is 5.82 Å². The molecule has 4 heteroatoms. The number of rotatable bonds is 8. The molecule has 2 atom stereocenters. The van der Waals surface area contributed by atoms with E-state index in [2.05, 4.69) is 37.7 Å². The van der Waals surface area contributed by atoms with Crippen molar-refractivity contribution < 1.29 is 9.50 Å². The Labute approximate surface area is 122 Å². The third-order valence-electron chi connectivity index (χ3n) is 3.60. The summed E-state index contributed by atoms with van der Waals surface area (Å²) in [4.78, 5) is 4.52. The summed E-state index contributed by atoms with van der Waals surface area (Å²) in [5, 5.41) is 10.2. The Balaban J connectivity index is 2.49. The van der Waals surface area contributed by atoms with Crippen LogP contribution in [-0.2, 0) is 0 Å². The Morgan fingerprint density at radius 3 is 2.30 bits per heavy atom. The van der Waals surface area contributed by atoms with Crippen molar-refractivity contribution in [2.45, 2.75) is 32.4 Å².